The van der Waals surface area contributed by atoms with E-state index in [0.717, 1.165) is 15.9 Å². The third-order valence-corrected chi connectivity index (χ3v) is 4.83. The van der Waals surface area contributed by atoms with E-state index in [4.69, 9.17) is 0 Å². The van der Waals surface area contributed by atoms with Crippen molar-refractivity contribution in [2.75, 3.05) is 11.1 Å². The summed E-state index contributed by atoms with van der Waals surface area (Å²) in [6.07, 6.45) is 3.46. The molecule has 0 aliphatic carbocycles. The summed E-state index contributed by atoms with van der Waals surface area (Å²) in [5.74, 6) is 0.328. The standard InChI is InChI=1S/C18H20N4OS/c1-12(2)22-18-14(9-20-22)8-15(10-19-18)21-17(23)11-24-16-7-5-4-6-13(16)3/h4-10,12H,11H2,1-3H3,(H,21,23). The lowest BCUT2D eigenvalue weighted by Crippen LogP contribution is -2.14. The minimum absolute atomic E-state index is 0.0411. The number of benzene rings is 1. The minimum Gasteiger partial charge on any atom is -0.324 e. The van der Waals surface area contributed by atoms with Gasteiger partial charge in [0.2, 0.25) is 5.91 Å². The third kappa shape index (κ3) is 3.59. The first-order valence-corrected chi connectivity index (χ1v) is 8.84. The maximum atomic E-state index is 12.2. The van der Waals surface area contributed by atoms with Crippen LogP contribution < -0.4 is 5.32 Å². The van der Waals surface area contributed by atoms with E-state index in [1.54, 1.807) is 12.4 Å². The molecule has 0 unspecified atom stereocenters. The third-order valence-electron chi connectivity index (χ3n) is 3.66. The number of nitrogens with one attached hydrogen (secondary N) is 1. The lowest BCUT2D eigenvalue weighted by Gasteiger charge is -2.08. The molecule has 0 aliphatic rings. The molecule has 124 valence electrons. The second kappa shape index (κ2) is 7.05. The molecule has 2 aromatic heterocycles. The molecule has 0 fully saturated rings. The fourth-order valence-corrected chi connectivity index (χ4v) is 3.27. The Kier molecular flexibility index (Phi) is 4.85. The lowest BCUT2D eigenvalue weighted by molar-refractivity contribution is -0.113. The van der Waals surface area contributed by atoms with Crippen molar-refractivity contribution in [3.8, 4) is 0 Å². The van der Waals surface area contributed by atoms with E-state index < -0.39 is 0 Å². The van der Waals surface area contributed by atoms with E-state index in [1.807, 2.05) is 41.9 Å². The first kappa shape index (κ1) is 16.5. The molecule has 0 aliphatic heterocycles. The number of fused-ring (bicyclic) bond motifs is 1. The normalized spacial score (nSPS) is 11.2. The molecule has 0 radical (unpaired) electrons. The van der Waals surface area contributed by atoms with Crippen LogP contribution in [0.1, 0.15) is 25.5 Å². The fraction of sp³-hybridized carbons (Fsp3) is 0.278. The summed E-state index contributed by atoms with van der Waals surface area (Å²) in [6, 6.07) is 10.2. The van der Waals surface area contributed by atoms with Crippen LogP contribution >= 0.6 is 11.8 Å². The average molecular weight is 340 g/mol. The van der Waals surface area contributed by atoms with Gasteiger partial charge >= 0.3 is 0 Å². The SMILES string of the molecule is Cc1ccccc1SCC(=O)Nc1cnc2c(cnn2C(C)C)c1. The van der Waals surface area contributed by atoms with Gasteiger partial charge in [0.15, 0.2) is 5.65 Å². The number of amides is 1. The highest BCUT2D eigenvalue weighted by molar-refractivity contribution is 8.00. The van der Waals surface area contributed by atoms with Gasteiger partial charge in [0.1, 0.15) is 0 Å². The van der Waals surface area contributed by atoms with Crippen molar-refractivity contribution >= 4 is 34.4 Å². The molecule has 24 heavy (non-hydrogen) atoms. The Labute approximate surface area is 145 Å². The zero-order valence-corrected chi connectivity index (χ0v) is 14.8. The Morgan fingerprint density at radius 3 is 2.83 bits per heavy atom. The largest absolute Gasteiger partial charge is 0.324 e. The van der Waals surface area contributed by atoms with Gasteiger partial charge in [0.05, 0.1) is 23.8 Å². The van der Waals surface area contributed by atoms with Crippen molar-refractivity contribution < 1.29 is 4.79 Å². The maximum absolute atomic E-state index is 12.2. The topological polar surface area (TPSA) is 59.8 Å². The predicted molar refractivity (Wildman–Crippen MR) is 98.4 cm³/mol. The highest BCUT2D eigenvalue weighted by Gasteiger charge is 2.10. The van der Waals surface area contributed by atoms with Crippen LogP contribution in [0.2, 0.25) is 0 Å². The van der Waals surface area contributed by atoms with Gasteiger partial charge < -0.3 is 5.32 Å². The molecule has 2 heterocycles. The van der Waals surface area contributed by atoms with Crippen molar-refractivity contribution in [3.63, 3.8) is 0 Å². The molecule has 1 N–H and O–H groups in total. The Bertz CT molecular complexity index is 872. The minimum atomic E-state index is -0.0411. The molecule has 6 heteroatoms. The molecule has 1 amide bonds. The highest BCUT2D eigenvalue weighted by Crippen LogP contribution is 2.23. The summed E-state index contributed by atoms with van der Waals surface area (Å²) in [5, 5.41) is 8.17. The number of rotatable bonds is 5. The number of carbonyl (C=O) groups excluding carboxylic acids is 1. The average Bonchev–Trinajstić information content (AvgIpc) is 2.97. The quantitative estimate of drug-likeness (QED) is 0.712. The van der Waals surface area contributed by atoms with Gasteiger partial charge in [-0.3, -0.25) is 4.79 Å². The van der Waals surface area contributed by atoms with Gasteiger partial charge in [-0.05, 0) is 38.5 Å². The van der Waals surface area contributed by atoms with Gasteiger partial charge in [0.25, 0.3) is 0 Å². The van der Waals surface area contributed by atoms with Crippen molar-refractivity contribution in [2.24, 2.45) is 0 Å². The van der Waals surface area contributed by atoms with E-state index in [9.17, 15) is 4.79 Å². The molecular formula is C18H20N4OS. The number of hydrogen-bond donors (Lipinski definition) is 1. The Morgan fingerprint density at radius 2 is 2.08 bits per heavy atom. The van der Waals surface area contributed by atoms with Crippen LogP contribution in [0.15, 0.2) is 47.6 Å². The van der Waals surface area contributed by atoms with E-state index >= 15 is 0 Å². The molecule has 0 spiro atoms. The summed E-state index contributed by atoms with van der Waals surface area (Å²) in [7, 11) is 0. The van der Waals surface area contributed by atoms with Crippen LogP contribution in [0, 0.1) is 6.92 Å². The molecule has 0 bridgehead atoms. The van der Waals surface area contributed by atoms with Gasteiger partial charge in [-0.25, -0.2) is 9.67 Å². The van der Waals surface area contributed by atoms with Crippen molar-refractivity contribution in [2.45, 2.75) is 31.7 Å². The number of anilines is 1. The summed E-state index contributed by atoms with van der Waals surface area (Å²) >= 11 is 1.54. The molecular weight excluding hydrogens is 320 g/mol. The number of hydrogen-bond acceptors (Lipinski definition) is 4. The number of nitrogens with zero attached hydrogens (tertiary/aromatic N) is 3. The van der Waals surface area contributed by atoms with E-state index in [2.05, 4.69) is 29.2 Å². The number of aromatic nitrogens is 3. The maximum Gasteiger partial charge on any atom is 0.234 e. The fourth-order valence-electron chi connectivity index (χ4n) is 2.45. The highest BCUT2D eigenvalue weighted by atomic mass is 32.2. The smallest absolute Gasteiger partial charge is 0.234 e. The lowest BCUT2D eigenvalue weighted by atomic mass is 10.2. The number of aryl methyl sites for hydroxylation is 1. The van der Waals surface area contributed by atoms with Crippen molar-refractivity contribution in [1.82, 2.24) is 14.8 Å². The Hall–Kier alpha value is -2.34. The monoisotopic (exact) mass is 340 g/mol. The zero-order valence-electron chi connectivity index (χ0n) is 14.0. The summed E-state index contributed by atoms with van der Waals surface area (Å²) in [5.41, 5.74) is 2.71. The molecule has 3 rings (SSSR count). The summed E-state index contributed by atoms with van der Waals surface area (Å²) < 4.78 is 1.87. The molecule has 0 saturated heterocycles. The summed E-state index contributed by atoms with van der Waals surface area (Å²) in [4.78, 5) is 17.7. The van der Waals surface area contributed by atoms with E-state index in [-0.39, 0.29) is 11.9 Å². The van der Waals surface area contributed by atoms with E-state index in [0.29, 0.717) is 11.4 Å². The number of pyridine rings is 1. The molecule has 0 saturated carbocycles. The molecule has 1 aromatic carbocycles. The summed E-state index contributed by atoms with van der Waals surface area (Å²) in [6.45, 7) is 6.17. The molecule has 3 aromatic rings. The van der Waals surface area contributed by atoms with Crippen LogP contribution in [-0.2, 0) is 4.79 Å². The van der Waals surface area contributed by atoms with Crippen LogP contribution in [0.4, 0.5) is 5.69 Å². The Balaban J connectivity index is 1.66. The Morgan fingerprint density at radius 1 is 1.29 bits per heavy atom. The first-order chi connectivity index (χ1) is 11.5. The van der Waals surface area contributed by atoms with Crippen molar-refractivity contribution in [1.29, 1.82) is 0 Å². The van der Waals surface area contributed by atoms with Crippen molar-refractivity contribution in [3.05, 3.63) is 48.3 Å². The number of carbonyl (C=O) groups is 1. The molecule has 0 atom stereocenters. The van der Waals surface area contributed by atoms with Gasteiger partial charge in [-0.15, -0.1) is 11.8 Å². The zero-order chi connectivity index (χ0) is 17.1. The first-order valence-electron chi connectivity index (χ1n) is 7.86. The number of thioether (sulfide) groups is 1. The van der Waals surface area contributed by atoms with Crippen LogP contribution in [0.25, 0.3) is 11.0 Å². The second-order valence-corrected chi connectivity index (χ2v) is 6.94. The molecule has 5 nitrogen and oxygen atoms in total. The van der Waals surface area contributed by atoms with Gasteiger partial charge in [0, 0.05) is 16.3 Å². The predicted octanol–water partition coefficient (Wildman–Crippen LogP) is 4.05. The van der Waals surface area contributed by atoms with Gasteiger partial charge in [-0.2, -0.15) is 5.10 Å². The van der Waals surface area contributed by atoms with Gasteiger partial charge in [-0.1, -0.05) is 18.2 Å². The second-order valence-electron chi connectivity index (χ2n) is 5.92. The van der Waals surface area contributed by atoms with Crippen LogP contribution in [0.3, 0.4) is 0 Å². The van der Waals surface area contributed by atoms with Crippen LogP contribution in [-0.4, -0.2) is 26.4 Å². The van der Waals surface area contributed by atoms with Crippen LogP contribution in [0.5, 0.6) is 0 Å². The van der Waals surface area contributed by atoms with E-state index in [1.165, 1.54) is 17.3 Å².